The summed E-state index contributed by atoms with van der Waals surface area (Å²) < 4.78 is 37.2. The number of aryl methyl sites for hydroxylation is 1. The standard InChI is InChI=1S/C13H17F3N2O/c1-4-18(8-13(14,15)16)12(19)11-6-5-10(17-3)7-9(11)2/h5-7,17H,4,8H2,1-3H3. The van der Waals surface area contributed by atoms with Crippen molar-refractivity contribution in [3.63, 3.8) is 0 Å². The fraction of sp³-hybridized carbons (Fsp3) is 0.462. The Kier molecular flexibility index (Phi) is 4.80. The van der Waals surface area contributed by atoms with Crippen LogP contribution in [-0.2, 0) is 0 Å². The largest absolute Gasteiger partial charge is 0.406 e. The molecule has 0 bridgehead atoms. The Morgan fingerprint density at radius 3 is 2.42 bits per heavy atom. The van der Waals surface area contributed by atoms with Crippen molar-refractivity contribution in [1.29, 1.82) is 0 Å². The van der Waals surface area contributed by atoms with Crippen LogP contribution in [0.15, 0.2) is 18.2 Å². The minimum absolute atomic E-state index is 0.0194. The normalized spacial score (nSPS) is 11.3. The third-order valence-electron chi connectivity index (χ3n) is 2.78. The zero-order valence-corrected chi connectivity index (χ0v) is 11.1. The van der Waals surface area contributed by atoms with Gasteiger partial charge in [0.1, 0.15) is 6.54 Å². The van der Waals surface area contributed by atoms with Crippen molar-refractivity contribution in [2.45, 2.75) is 20.0 Å². The first-order chi connectivity index (χ1) is 8.78. The lowest BCUT2D eigenvalue weighted by Gasteiger charge is -2.23. The van der Waals surface area contributed by atoms with Crippen LogP contribution in [0.1, 0.15) is 22.8 Å². The van der Waals surface area contributed by atoms with Crippen molar-refractivity contribution in [2.24, 2.45) is 0 Å². The van der Waals surface area contributed by atoms with Crippen LogP contribution in [0.4, 0.5) is 18.9 Å². The van der Waals surface area contributed by atoms with Crippen molar-refractivity contribution in [3.05, 3.63) is 29.3 Å². The number of rotatable bonds is 4. The molecule has 0 atom stereocenters. The van der Waals surface area contributed by atoms with Crippen molar-refractivity contribution in [2.75, 3.05) is 25.5 Å². The van der Waals surface area contributed by atoms with Crippen molar-refractivity contribution < 1.29 is 18.0 Å². The molecule has 0 aromatic heterocycles. The summed E-state index contributed by atoms with van der Waals surface area (Å²) in [6, 6.07) is 4.94. The van der Waals surface area contributed by atoms with Gasteiger partial charge in [0.2, 0.25) is 0 Å². The van der Waals surface area contributed by atoms with Crippen molar-refractivity contribution in [1.82, 2.24) is 4.90 Å². The molecule has 106 valence electrons. The number of hydrogen-bond acceptors (Lipinski definition) is 2. The molecule has 0 spiro atoms. The molecular formula is C13H17F3N2O. The highest BCUT2D eigenvalue weighted by atomic mass is 19.4. The van der Waals surface area contributed by atoms with E-state index in [1.54, 1.807) is 32.2 Å². The van der Waals surface area contributed by atoms with Crippen LogP contribution < -0.4 is 5.32 Å². The first-order valence-corrected chi connectivity index (χ1v) is 5.93. The predicted molar refractivity (Wildman–Crippen MR) is 68.4 cm³/mol. The van der Waals surface area contributed by atoms with Crippen molar-refractivity contribution in [3.8, 4) is 0 Å². The topological polar surface area (TPSA) is 32.3 Å². The van der Waals surface area contributed by atoms with E-state index in [0.717, 1.165) is 10.6 Å². The minimum atomic E-state index is -4.38. The lowest BCUT2D eigenvalue weighted by atomic mass is 10.1. The van der Waals surface area contributed by atoms with Gasteiger partial charge in [-0.25, -0.2) is 0 Å². The highest BCUT2D eigenvalue weighted by Crippen LogP contribution is 2.20. The SMILES string of the molecule is CCN(CC(F)(F)F)C(=O)c1ccc(NC)cc1C. The number of carbonyl (C=O) groups is 1. The fourth-order valence-electron chi connectivity index (χ4n) is 1.77. The molecule has 0 aliphatic carbocycles. The Morgan fingerprint density at radius 2 is 2.00 bits per heavy atom. The molecule has 19 heavy (non-hydrogen) atoms. The van der Waals surface area contributed by atoms with Gasteiger partial charge in [-0.3, -0.25) is 4.79 Å². The predicted octanol–water partition coefficient (Wildman–Crippen LogP) is 3.06. The summed E-state index contributed by atoms with van der Waals surface area (Å²) in [5.74, 6) is -0.597. The number of amides is 1. The van der Waals surface area contributed by atoms with Gasteiger partial charge in [0, 0.05) is 24.8 Å². The van der Waals surface area contributed by atoms with Gasteiger partial charge in [0.25, 0.3) is 5.91 Å². The highest BCUT2D eigenvalue weighted by molar-refractivity contribution is 5.96. The average molecular weight is 274 g/mol. The van der Waals surface area contributed by atoms with E-state index in [2.05, 4.69) is 5.32 Å². The number of carbonyl (C=O) groups excluding carboxylic acids is 1. The van der Waals surface area contributed by atoms with Crippen LogP contribution in [0.25, 0.3) is 0 Å². The number of hydrogen-bond donors (Lipinski definition) is 1. The van der Waals surface area contributed by atoms with E-state index in [-0.39, 0.29) is 6.54 Å². The molecule has 0 saturated heterocycles. The van der Waals surface area contributed by atoms with Gasteiger partial charge in [-0.1, -0.05) is 0 Å². The molecule has 0 unspecified atom stereocenters. The molecule has 0 heterocycles. The zero-order chi connectivity index (χ0) is 14.6. The first kappa shape index (κ1) is 15.3. The number of halogens is 3. The number of alkyl halides is 3. The Morgan fingerprint density at radius 1 is 1.37 bits per heavy atom. The van der Waals surface area contributed by atoms with E-state index in [4.69, 9.17) is 0 Å². The van der Waals surface area contributed by atoms with Gasteiger partial charge >= 0.3 is 6.18 Å². The minimum Gasteiger partial charge on any atom is -0.388 e. The molecule has 3 nitrogen and oxygen atoms in total. The molecule has 1 amide bonds. The zero-order valence-electron chi connectivity index (χ0n) is 11.1. The maximum Gasteiger partial charge on any atom is 0.406 e. The quantitative estimate of drug-likeness (QED) is 0.915. The van der Waals surface area contributed by atoms with Crippen LogP contribution in [0.2, 0.25) is 0 Å². The van der Waals surface area contributed by atoms with Crippen LogP contribution in [0.3, 0.4) is 0 Å². The second-order valence-electron chi connectivity index (χ2n) is 4.21. The van der Waals surface area contributed by atoms with Gasteiger partial charge in [-0.15, -0.1) is 0 Å². The van der Waals surface area contributed by atoms with Crippen LogP contribution in [0, 0.1) is 6.92 Å². The summed E-state index contributed by atoms with van der Waals surface area (Å²) in [5, 5.41) is 2.91. The third kappa shape index (κ3) is 4.15. The fourth-order valence-corrected chi connectivity index (χ4v) is 1.77. The summed E-state index contributed by atoms with van der Waals surface area (Å²) in [4.78, 5) is 12.9. The second-order valence-corrected chi connectivity index (χ2v) is 4.21. The summed E-state index contributed by atoms with van der Waals surface area (Å²) in [6.07, 6.45) is -4.38. The van der Waals surface area contributed by atoms with E-state index in [1.807, 2.05) is 0 Å². The van der Waals surface area contributed by atoms with Gasteiger partial charge in [-0.2, -0.15) is 13.2 Å². The second kappa shape index (κ2) is 5.95. The molecule has 1 N–H and O–H groups in total. The van der Waals surface area contributed by atoms with Gasteiger partial charge in [-0.05, 0) is 37.6 Å². The Balaban J connectivity index is 2.98. The van der Waals surface area contributed by atoms with Crippen LogP contribution in [-0.4, -0.2) is 37.1 Å². The molecule has 0 radical (unpaired) electrons. The maximum atomic E-state index is 12.4. The molecule has 1 aromatic rings. The number of nitrogens with zero attached hydrogens (tertiary/aromatic N) is 1. The van der Waals surface area contributed by atoms with Crippen LogP contribution >= 0.6 is 0 Å². The Bertz CT molecular complexity index is 458. The molecular weight excluding hydrogens is 257 g/mol. The van der Waals surface area contributed by atoms with Crippen LogP contribution in [0.5, 0.6) is 0 Å². The smallest absolute Gasteiger partial charge is 0.388 e. The average Bonchev–Trinajstić information content (AvgIpc) is 2.33. The van der Waals surface area contributed by atoms with Gasteiger partial charge in [0.05, 0.1) is 0 Å². The Labute approximate surface area is 110 Å². The van der Waals surface area contributed by atoms with E-state index >= 15 is 0 Å². The lowest BCUT2D eigenvalue weighted by Crippen LogP contribution is -2.39. The summed E-state index contributed by atoms with van der Waals surface area (Å²) in [6.45, 7) is 2.03. The summed E-state index contributed by atoms with van der Waals surface area (Å²) in [5.41, 5.74) is 1.76. The monoisotopic (exact) mass is 274 g/mol. The summed E-state index contributed by atoms with van der Waals surface area (Å²) >= 11 is 0. The van der Waals surface area contributed by atoms with Crippen molar-refractivity contribution >= 4 is 11.6 Å². The van der Waals surface area contributed by atoms with E-state index < -0.39 is 18.6 Å². The molecule has 0 aliphatic rings. The lowest BCUT2D eigenvalue weighted by molar-refractivity contribution is -0.140. The maximum absolute atomic E-state index is 12.4. The van der Waals surface area contributed by atoms with E-state index in [0.29, 0.717) is 11.1 Å². The third-order valence-corrected chi connectivity index (χ3v) is 2.78. The summed E-state index contributed by atoms with van der Waals surface area (Å²) in [7, 11) is 1.73. The molecule has 1 rings (SSSR count). The number of anilines is 1. The first-order valence-electron chi connectivity index (χ1n) is 5.93. The Hall–Kier alpha value is -1.72. The molecule has 0 aliphatic heterocycles. The molecule has 1 aromatic carbocycles. The number of nitrogens with one attached hydrogen (secondary N) is 1. The highest BCUT2D eigenvalue weighted by Gasteiger charge is 2.32. The molecule has 0 saturated carbocycles. The van der Waals surface area contributed by atoms with E-state index in [9.17, 15) is 18.0 Å². The van der Waals surface area contributed by atoms with Gasteiger partial charge < -0.3 is 10.2 Å². The van der Waals surface area contributed by atoms with E-state index in [1.165, 1.54) is 6.92 Å². The molecule has 0 fully saturated rings. The number of benzene rings is 1. The van der Waals surface area contributed by atoms with Gasteiger partial charge in [0.15, 0.2) is 0 Å². The molecule has 6 heteroatoms.